The summed E-state index contributed by atoms with van der Waals surface area (Å²) in [4.78, 5) is 11.1. The predicted molar refractivity (Wildman–Crippen MR) is 234 cm³/mol. The minimum atomic E-state index is 0.661. The van der Waals surface area contributed by atoms with Gasteiger partial charge in [-0.3, -0.25) is 4.57 Å². The molecule has 0 atom stereocenters. The van der Waals surface area contributed by atoms with Crippen molar-refractivity contribution in [3.8, 4) is 28.3 Å². The van der Waals surface area contributed by atoms with Crippen molar-refractivity contribution in [3.05, 3.63) is 182 Å². The van der Waals surface area contributed by atoms with Crippen LogP contribution in [0.25, 0.3) is 121 Å². The molecule has 0 aliphatic carbocycles. The Balaban J connectivity index is 1.19. The van der Waals surface area contributed by atoms with E-state index in [2.05, 4.69) is 191 Å². The third-order valence-electron chi connectivity index (χ3n) is 12.0. The fourth-order valence-electron chi connectivity index (χ4n) is 9.63. The molecule has 4 heterocycles. The Labute approximate surface area is 320 Å². The Morgan fingerprint density at radius 2 is 0.946 bits per heavy atom. The highest BCUT2D eigenvalue weighted by Gasteiger charge is 2.26. The number of hydrogen-bond acceptors (Lipinski definition) is 2. The van der Waals surface area contributed by atoms with Gasteiger partial charge in [-0.2, -0.15) is 0 Å². The number of para-hydroxylation sites is 2. The zero-order valence-corrected chi connectivity index (χ0v) is 30.1. The number of hydrogen-bond donors (Lipinski definition) is 0. The van der Waals surface area contributed by atoms with Gasteiger partial charge in [-0.15, -0.1) is 0 Å². The van der Waals surface area contributed by atoms with E-state index in [0.29, 0.717) is 5.95 Å². The molecule has 0 spiro atoms. The Bertz CT molecular complexity index is 3740. The van der Waals surface area contributed by atoms with Gasteiger partial charge >= 0.3 is 0 Å². The van der Waals surface area contributed by atoms with Crippen LogP contribution in [0.15, 0.2) is 182 Å². The molecule has 56 heavy (non-hydrogen) atoms. The molecule has 4 nitrogen and oxygen atoms in total. The van der Waals surface area contributed by atoms with Gasteiger partial charge in [0.2, 0.25) is 5.95 Å². The lowest BCUT2D eigenvalue weighted by Crippen LogP contribution is -2.04. The first-order valence-corrected chi connectivity index (χ1v) is 19.2. The van der Waals surface area contributed by atoms with Gasteiger partial charge in [0.15, 0.2) is 0 Å². The summed E-state index contributed by atoms with van der Waals surface area (Å²) in [7, 11) is 0. The fourth-order valence-corrected chi connectivity index (χ4v) is 9.63. The van der Waals surface area contributed by atoms with Gasteiger partial charge in [-0.05, 0) is 63.0 Å². The molecule has 0 N–H and O–H groups in total. The molecule has 0 saturated carbocycles. The first-order valence-electron chi connectivity index (χ1n) is 19.2. The third-order valence-corrected chi connectivity index (χ3v) is 12.0. The van der Waals surface area contributed by atoms with Gasteiger partial charge in [0.1, 0.15) is 0 Å². The van der Waals surface area contributed by atoms with Crippen molar-refractivity contribution in [1.82, 2.24) is 18.9 Å². The van der Waals surface area contributed by atoms with Gasteiger partial charge in [-0.1, -0.05) is 152 Å². The molecule has 0 unspecified atom stereocenters. The molecule has 0 aliphatic rings. The van der Waals surface area contributed by atoms with Gasteiger partial charge in [-0.25, -0.2) is 9.97 Å². The molecular weight excluding hydrogens is 681 g/mol. The molecule has 0 radical (unpaired) electrons. The van der Waals surface area contributed by atoms with Crippen LogP contribution in [0.3, 0.4) is 0 Å². The summed E-state index contributed by atoms with van der Waals surface area (Å²) in [6.07, 6.45) is 0. The first kappa shape index (κ1) is 29.8. The summed E-state index contributed by atoms with van der Waals surface area (Å²) in [6, 6.07) is 65.7. The van der Waals surface area contributed by atoms with Gasteiger partial charge < -0.3 is 4.40 Å². The van der Waals surface area contributed by atoms with E-state index in [-0.39, 0.29) is 0 Å². The lowest BCUT2D eigenvalue weighted by molar-refractivity contribution is 1.02. The minimum absolute atomic E-state index is 0.661. The van der Waals surface area contributed by atoms with E-state index >= 15 is 0 Å². The summed E-state index contributed by atoms with van der Waals surface area (Å²) in [5.41, 5.74) is 11.1. The average molecular weight is 711 g/mol. The van der Waals surface area contributed by atoms with Crippen LogP contribution < -0.4 is 0 Å². The molecule has 4 heteroatoms. The topological polar surface area (TPSA) is 35.1 Å². The summed E-state index contributed by atoms with van der Waals surface area (Å²) in [5, 5.41) is 13.3. The van der Waals surface area contributed by atoms with Crippen molar-refractivity contribution in [2.45, 2.75) is 0 Å². The second-order valence-corrected chi connectivity index (χ2v) is 14.9. The van der Waals surface area contributed by atoms with Gasteiger partial charge in [0, 0.05) is 43.3 Å². The monoisotopic (exact) mass is 710 g/mol. The number of benzene rings is 9. The third kappa shape index (κ3) is 3.92. The molecule has 9 aromatic carbocycles. The molecule has 4 aromatic heterocycles. The smallest absolute Gasteiger partial charge is 0.235 e. The van der Waals surface area contributed by atoms with Crippen LogP contribution in [0.1, 0.15) is 0 Å². The highest BCUT2D eigenvalue weighted by atomic mass is 15.2. The number of nitrogens with zero attached hydrogens (tertiary/aromatic N) is 4. The molecule has 0 saturated heterocycles. The largest absolute Gasteiger partial charge is 0.308 e. The number of rotatable bonds is 3. The Morgan fingerprint density at radius 1 is 0.339 bits per heavy atom. The van der Waals surface area contributed by atoms with Crippen LogP contribution in [-0.4, -0.2) is 18.9 Å². The summed E-state index contributed by atoms with van der Waals surface area (Å²) in [5.74, 6) is 0.661. The zero-order chi connectivity index (χ0) is 36.5. The van der Waals surface area contributed by atoms with Crippen LogP contribution in [0.5, 0.6) is 0 Å². The second kappa shape index (κ2) is 11.0. The minimum Gasteiger partial charge on any atom is -0.308 e. The van der Waals surface area contributed by atoms with Crippen molar-refractivity contribution >= 4 is 92.3 Å². The molecule has 0 aliphatic heterocycles. The zero-order valence-electron chi connectivity index (χ0n) is 30.1. The maximum Gasteiger partial charge on any atom is 0.235 e. The first-order chi connectivity index (χ1) is 27.8. The van der Waals surface area contributed by atoms with Crippen molar-refractivity contribution in [3.63, 3.8) is 0 Å². The van der Waals surface area contributed by atoms with Gasteiger partial charge in [0.25, 0.3) is 0 Å². The van der Waals surface area contributed by atoms with Gasteiger partial charge in [0.05, 0.1) is 38.8 Å². The van der Waals surface area contributed by atoms with E-state index in [1.54, 1.807) is 0 Å². The molecule has 0 bridgehead atoms. The lowest BCUT2D eigenvalue weighted by atomic mass is 9.98. The van der Waals surface area contributed by atoms with Crippen molar-refractivity contribution in [2.75, 3.05) is 0 Å². The predicted octanol–water partition coefficient (Wildman–Crippen LogP) is 13.5. The van der Waals surface area contributed by atoms with Crippen LogP contribution in [0.4, 0.5) is 0 Å². The maximum atomic E-state index is 5.62. The maximum absolute atomic E-state index is 5.62. The van der Waals surface area contributed by atoms with E-state index in [9.17, 15) is 0 Å². The van der Waals surface area contributed by atoms with E-state index in [0.717, 1.165) is 38.6 Å². The molecular formula is C52H30N4. The Kier molecular flexibility index (Phi) is 5.86. The Hall–Kier alpha value is -7.56. The quantitative estimate of drug-likeness (QED) is 0.171. The molecule has 0 amide bonds. The fraction of sp³-hybridized carbons (Fsp3) is 0. The Morgan fingerprint density at radius 3 is 1.73 bits per heavy atom. The van der Waals surface area contributed by atoms with Crippen molar-refractivity contribution < 1.29 is 0 Å². The van der Waals surface area contributed by atoms with E-state index in [1.807, 2.05) is 0 Å². The van der Waals surface area contributed by atoms with E-state index in [1.165, 1.54) is 76.2 Å². The summed E-state index contributed by atoms with van der Waals surface area (Å²) >= 11 is 0. The summed E-state index contributed by atoms with van der Waals surface area (Å²) < 4.78 is 4.81. The highest BCUT2D eigenvalue weighted by molar-refractivity contribution is 6.36. The van der Waals surface area contributed by atoms with Crippen LogP contribution >= 0.6 is 0 Å². The standard InChI is InChI=1S/C52H30N4/c1-2-12-31(13-3-1)32-22-24-35(25-23-32)49-47-37-17-7-5-14-33(37)26-28-42(47)53-52(54-49)56-43-20-10-8-18-38(43)40-30-41-46-36-16-6-4-15-34(36)27-29-45(46)55-44-21-11-9-19-39(44)48(50(40)56)51(41)55/h1-30H. The number of fused-ring (bicyclic) bond motifs is 15. The lowest BCUT2D eigenvalue weighted by Gasteiger charge is -2.14. The number of aromatic nitrogens is 4. The highest BCUT2D eigenvalue weighted by Crippen LogP contribution is 2.48. The molecule has 13 aromatic rings. The van der Waals surface area contributed by atoms with Crippen LogP contribution in [-0.2, 0) is 0 Å². The SMILES string of the molecule is c1ccc(-c2ccc(-c3nc(-n4c5ccccc5c5cc6c7c8ccccc8ccc7n7c8ccccc8c(c54)c67)nc4ccc5ccccc5c34)cc2)cc1. The normalized spacial score (nSPS) is 12.3. The van der Waals surface area contributed by atoms with Crippen LogP contribution in [0, 0.1) is 0 Å². The second-order valence-electron chi connectivity index (χ2n) is 14.9. The molecule has 0 fully saturated rings. The van der Waals surface area contributed by atoms with Crippen molar-refractivity contribution in [2.24, 2.45) is 0 Å². The van der Waals surface area contributed by atoms with E-state index < -0.39 is 0 Å². The molecule has 13 rings (SSSR count). The van der Waals surface area contributed by atoms with Crippen LogP contribution in [0.2, 0.25) is 0 Å². The summed E-state index contributed by atoms with van der Waals surface area (Å²) in [6.45, 7) is 0. The molecule has 258 valence electrons. The van der Waals surface area contributed by atoms with Crippen molar-refractivity contribution in [1.29, 1.82) is 0 Å². The van der Waals surface area contributed by atoms with E-state index in [4.69, 9.17) is 9.97 Å². The average Bonchev–Trinajstić information content (AvgIpc) is 3.91.